The van der Waals surface area contributed by atoms with Crippen molar-refractivity contribution in [2.45, 2.75) is 6.42 Å². The molecule has 0 aliphatic heterocycles. The second kappa shape index (κ2) is 26.8. The minimum Gasteiger partial charge on any atom is -0.456 e. The van der Waals surface area contributed by atoms with E-state index in [-0.39, 0.29) is 0 Å². The summed E-state index contributed by atoms with van der Waals surface area (Å²) in [7, 11) is 0. The highest BCUT2D eigenvalue weighted by Gasteiger charge is 2.26. The van der Waals surface area contributed by atoms with E-state index in [2.05, 4.69) is 217 Å². The van der Waals surface area contributed by atoms with Crippen LogP contribution in [0.1, 0.15) is 11.1 Å². The van der Waals surface area contributed by atoms with Crippen molar-refractivity contribution in [3.05, 3.63) is 380 Å². The van der Waals surface area contributed by atoms with E-state index in [9.17, 15) is 0 Å². The first-order valence-electron chi connectivity index (χ1n) is 37.9. The van der Waals surface area contributed by atoms with Gasteiger partial charge in [0.25, 0.3) is 0 Å². The Balaban J connectivity index is 0.000000116. The predicted molar refractivity (Wildman–Crippen MR) is 466 cm³/mol. The molecule has 1 aliphatic carbocycles. The first-order chi connectivity index (χ1) is 55.9. The second-order valence-corrected chi connectivity index (χ2v) is 29.4. The molecule has 113 heavy (non-hydrogen) atoms. The second-order valence-electron chi connectivity index (χ2n) is 29.0. The van der Waals surface area contributed by atoms with E-state index in [1.54, 1.807) is 0 Å². The Bertz CT molecular complexity index is 7500. The van der Waals surface area contributed by atoms with Gasteiger partial charge in [-0.15, -0.1) is 0 Å². The van der Waals surface area contributed by atoms with E-state index in [0.29, 0.717) is 40.0 Å². The van der Waals surface area contributed by atoms with E-state index >= 15 is 0 Å². The lowest BCUT2D eigenvalue weighted by Gasteiger charge is -2.12. The van der Waals surface area contributed by atoms with Crippen molar-refractivity contribution < 1.29 is 8.83 Å². The van der Waals surface area contributed by atoms with Crippen molar-refractivity contribution in [3.63, 3.8) is 0 Å². The molecule has 5 heterocycles. The Labute approximate surface area is 652 Å². The van der Waals surface area contributed by atoms with Gasteiger partial charge in [0.15, 0.2) is 34.9 Å². The van der Waals surface area contributed by atoms with E-state index in [1.165, 1.54) is 76.1 Å². The zero-order valence-corrected chi connectivity index (χ0v) is 61.4. The monoisotopic (exact) mass is 1460 g/mol. The van der Waals surface area contributed by atoms with Gasteiger partial charge in [-0.2, -0.15) is 0 Å². The molecule has 0 fully saturated rings. The number of halogens is 1. The summed E-state index contributed by atoms with van der Waals surface area (Å²) in [6.45, 7) is 0. The van der Waals surface area contributed by atoms with Crippen LogP contribution >= 0.6 is 11.6 Å². The molecule has 0 unspecified atom stereocenters. The molecule has 23 aromatic rings. The molecule has 10 heteroatoms. The van der Waals surface area contributed by atoms with Gasteiger partial charge >= 0.3 is 0 Å². The summed E-state index contributed by atoms with van der Waals surface area (Å²) in [6, 6.07) is 127. The van der Waals surface area contributed by atoms with Gasteiger partial charge in [-0.3, -0.25) is 0 Å². The highest BCUT2D eigenvalue weighted by Crippen LogP contribution is 2.47. The highest BCUT2D eigenvalue weighted by atomic mass is 35.5. The van der Waals surface area contributed by atoms with Crippen LogP contribution in [-0.4, -0.2) is 34.5 Å². The number of fused-ring (bicyclic) bond motifs is 18. The Morgan fingerprint density at radius 2 is 0.558 bits per heavy atom. The molecule has 0 saturated heterocycles. The average Bonchev–Trinajstić information content (AvgIpc) is 1.54. The number of hydrogen-bond acceptors (Lipinski definition) is 8. The standard InChI is InChI=1S/C51H30N4O.C31H18ClN3O.C21H14/c1-3-13-31(14-4-1)49-52-50(32-15-5-2-6-16-32)54-51(53-49)48-39-22-12-11-21-37(39)29-46-47(48)40-24-23-38(30-45(40)56-46)55-43-27-35-19-9-7-17-33(35)25-41(43)42-26-34-18-8-10-20-36(34)28-44(42)55;32-22-15-16-24-25(18-22)36-26-17-21-13-7-8-14-23(21)28(27(24)26)31-34-29(19-9-3-1-4-10-19)33-30(35-31)20-11-5-2-6-12-20;1-3-7-16-12-20-18(9-14(16)5-1)11-19-10-15-6-2-4-8-17(15)13-21(19)20/h1-30H;1-18H;1-10,12-13H,11H2. The first kappa shape index (κ1) is 65.3. The number of nitrogens with zero attached hydrogens (tertiary/aromatic N) is 7. The van der Waals surface area contributed by atoms with E-state index in [4.69, 9.17) is 50.3 Å². The predicted octanol–water partition coefficient (Wildman–Crippen LogP) is 27.5. The van der Waals surface area contributed by atoms with Crippen LogP contribution in [0.2, 0.25) is 5.02 Å². The number of aromatic nitrogens is 7. The van der Waals surface area contributed by atoms with Crippen LogP contribution in [0.25, 0.3) is 215 Å². The molecule has 0 amide bonds. The molecule has 0 spiro atoms. The Kier molecular flexibility index (Phi) is 15.5. The maximum absolute atomic E-state index is 6.87. The van der Waals surface area contributed by atoms with Crippen LogP contribution in [0.5, 0.6) is 0 Å². The Morgan fingerprint density at radius 3 is 0.956 bits per heavy atom. The van der Waals surface area contributed by atoms with E-state index in [1.807, 2.05) is 152 Å². The van der Waals surface area contributed by atoms with Crippen LogP contribution in [0, 0.1) is 0 Å². The van der Waals surface area contributed by atoms with Gasteiger partial charge in [-0.1, -0.05) is 291 Å². The highest BCUT2D eigenvalue weighted by molar-refractivity contribution is 6.32. The van der Waals surface area contributed by atoms with Crippen molar-refractivity contribution >= 4 is 142 Å². The van der Waals surface area contributed by atoms with Crippen LogP contribution in [0.15, 0.2) is 373 Å². The third-order valence-corrected chi connectivity index (χ3v) is 22.4. The van der Waals surface area contributed by atoms with Crippen LogP contribution in [-0.2, 0) is 6.42 Å². The van der Waals surface area contributed by atoms with Gasteiger partial charge < -0.3 is 13.4 Å². The smallest absolute Gasteiger partial charge is 0.165 e. The van der Waals surface area contributed by atoms with Gasteiger partial charge in [0.05, 0.1) is 11.0 Å². The normalized spacial score (nSPS) is 11.9. The molecule has 0 bridgehead atoms. The first-order valence-corrected chi connectivity index (χ1v) is 38.3. The van der Waals surface area contributed by atoms with Crippen LogP contribution in [0.4, 0.5) is 0 Å². The number of hydrogen-bond donors (Lipinski definition) is 0. The summed E-state index contributed by atoms with van der Waals surface area (Å²) < 4.78 is 15.5. The van der Waals surface area contributed by atoms with Gasteiger partial charge in [0.2, 0.25) is 0 Å². The van der Waals surface area contributed by atoms with Crippen molar-refractivity contribution in [1.82, 2.24) is 34.5 Å². The van der Waals surface area contributed by atoms with Gasteiger partial charge in [0, 0.05) is 88.5 Å². The lowest BCUT2D eigenvalue weighted by Crippen LogP contribution is -2.01. The molecule has 5 aromatic heterocycles. The Hall–Kier alpha value is -14.8. The summed E-state index contributed by atoms with van der Waals surface area (Å²) >= 11 is 6.29. The van der Waals surface area contributed by atoms with Crippen LogP contribution in [0.3, 0.4) is 0 Å². The lowest BCUT2D eigenvalue weighted by atomic mass is 9.97. The summed E-state index contributed by atoms with van der Waals surface area (Å²) in [6.07, 6.45) is 1.06. The zero-order valence-electron chi connectivity index (χ0n) is 60.7. The lowest BCUT2D eigenvalue weighted by molar-refractivity contribution is 0.669. The molecule has 0 N–H and O–H groups in total. The summed E-state index contributed by atoms with van der Waals surface area (Å²) in [5, 5.41) is 21.4. The summed E-state index contributed by atoms with van der Waals surface area (Å²) in [4.78, 5) is 30.3. The SMILES string of the molecule is Clc1ccc2c(c1)oc1cc3ccccc3c(-c3nc(-c4ccccc4)nc(-c4ccccc4)n3)c12.c1ccc(-c2nc(-c3ccccc3)nc(-c3c4ccccc4cc4oc5cc(-n6c7cc8ccccc8cc7c7cc8ccccc8cc76)ccc5c34)n2)cc1.c1ccc2cc3c(cc2c1)Cc1cc2ccccc2cc1-3. The minimum atomic E-state index is 0.599. The van der Waals surface area contributed by atoms with Gasteiger partial charge in [-0.05, 0) is 166 Å². The maximum Gasteiger partial charge on any atom is 0.165 e. The molecule has 528 valence electrons. The van der Waals surface area contributed by atoms with Crippen molar-refractivity contribution in [2.24, 2.45) is 0 Å². The summed E-state index contributed by atoms with van der Waals surface area (Å²) in [5.74, 6) is 3.69. The van der Waals surface area contributed by atoms with Gasteiger partial charge in [-0.25, -0.2) is 29.9 Å². The molecule has 0 radical (unpaired) electrons. The number of rotatable bonds is 7. The van der Waals surface area contributed by atoms with Crippen molar-refractivity contribution in [2.75, 3.05) is 0 Å². The molecule has 9 nitrogen and oxygen atoms in total. The Morgan fingerprint density at radius 1 is 0.239 bits per heavy atom. The molecule has 1 aliphatic rings. The van der Waals surface area contributed by atoms with Crippen molar-refractivity contribution in [1.29, 1.82) is 0 Å². The molecule has 24 rings (SSSR count). The molecule has 0 atom stereocenters. The number of furan rings is 2. The van der Waals surface area contributed by atoms with Gasteiger partial charge in [0.1, 0.15) is 22.3 Å². The largest absolute Gasteiger partial charge is 0.456 e. The molecular weight excluding hydrogens is 1400 g/mol. The maximum atomic E-state index is 6.87. The fraction of sp³-hybridized carbons (Fsp3) is 0.00971. The molecule has 18 aromatic carbocycles. The van der Waals surface area contributed by atoms with Crippen molar-refractivity contribution in [3.8, 4) is 85.1 Å². The topological polar surface area (TPSA) is 109 Å². The number of benzene rings is 18. The third-order valence-electron chi connectivity index (χ3n) is 22.1. The van der Waals surface area contributed by atoms with E-state index in [0.717, 1.165) is 122 Å². The average molecular weight is 1470 g/mol. The molecular formula is C103H62ClN7O2. The summed E-state index contributed by atoms with van der Waals surface area (Å²) in [5.41, 5.74) is 17.7. The third kappa shape index (κ3) is 11.5. The fourth-order valence-electron chi connectivity index (χ4n) is 16.8. The minimum absolute atomic E-state index is 0.599. The van der Waals surface area contributed by atoms with E-state index < -0.39 is 0 Å². The fourth-order valence-corrected chi connectivity index (χ4v) is 17.0. The zero-order chi connectivity index (χ0) is 74.6. The molecule has 0 saturated carbocycles. The quantitative estimate of drug-likeness (QED) is 0.155. The van der Waals surface area contributed by atoms with Crippen LogP contribution < -0.4 is 0 Å².